The summed E-state index contributed by atoms with van der Waals surface area (Å²) in [5.41, 5.74) is 6.08. The Morgan fingerprint density at radius 1 is 1.40 bits per heavy atom. The third-order valence-electron chi connectivity index (χ3n) is 2.79. The Kier molecular flexibility index (Phi) is 4.15. The van der Waals surface area contributed by atoms with Crippen molar-refractivity contribution in [1.29, 1.82) is 0 Å². The van der Waals surface area contributed by atoms with Crippen molar-refractivity contribution in [2.45, 2.75) is 13.5 Å². The van der Waals surface area contributed by atoms with Gasteiger partial charge < -0.3 is 15.0 Å². The molecule has 0 atom stereocenters. The van der Waals surface area contributed by atoms with Crippen molar-refractivity contribution >= 4 is 34.9 Å². The van der Waals surface area contributed by atoms with Gasteiger partial charge in [-0.1, -0.05) is 23.2 Å². The number of carbonyl (C=O) groups excluding carboxylic acids is 1. The summed E-state index contributed by atoms with van der Waals surface area (Å²) in [5.74, 6) is 0.632. The normalized spacial score (nSPS) is 10.6. The summed E-state index contributed by atoms with van der Waals surface area (Å²) in [6.07, 6.45) is 0. The first-order chi connectivity index (χ1) is 9.40. The second-order valence-corrected chi connectivity index (χ2v) is 4.95. The summed E-state index contributed by atoms with van der Waals surface area (Å²) in [4.78, 5) is 12.0. The highest BCUT2D eigenvalue weighted by Crippen LogP contribution is 2.29. The molecular formula is C12H12Cl2N4O2. The molecule has 8 heteroatoms. The number of hydrogen-bond donors (Lipinski definition) is 1. The number of nitrogens with zero attached hydrogens (tertiary/aromatic N) is 3. The van der Waals surface area contributed by atoms with Crippen LogP contribution in [0.2, 0.25) is 10.0 Å². The van der Waals surface area contributed by atoms with Crippen LogP contribution in [0.5, 0.6) is 0 Å². The van der Waals surface area contributed by atoms with E-state index in [-0.39, 0.29) is 22.2 Å². The molecule has 0 radical (unpaired) electrons. The van der Waals surface area contributed by atoms with Crippen LogP contribution >= 0.6 is 23.2 Å². The zero-order valence-electron chi connectivity index (χ0n) is 10.9. The maximum absolute atomic E-state index is 12.0. The summed E-state index contributed by atoms with van der Waals surface area (Å²) >= 11 is 11.8. The Labute approximate surface area is 125 Å². The number of aromatic nitrogens is 3. The lowest BCUT2D eigenvalue weighted by molar-refractivity contribution is 0.0459. The van der Waals surface area contributed by atoms with Gasteiger partial charge in [0, 0.05) is 12.7 Å². The predicted octanol–water partition coefficient (Wildman–Crippen LogP) is 2.37. The van der Waals surface area contributed by atoms with Crippen molar-refractivity contribution in [2.24, 2.45) is 7.05 Å². The molecule has 1 aromatic heterocycles. The number of esters is 1. The summed E-state index contributed by atoms with van der Waals surface area (Å²) in [6.45, 7) is 1.78. The van der Waals surface area contributed by atoms with Crippen molar-refractivity contribution in [3.63, 3.8) is 0 Å². The lowest BCUT2D eigenvalue weighted by atomic mass is 10.2. The minimum absolute atomic E-state index is 0.0150. The lowest BCUT2D eigenvalue weighted by Crippen LogP contribution is -2.10. The van der Waals surface area contributed by atoms with Crippen molar-refractivity contribution in [3.05, 3.63) is 39.4 Å². The molecule has 0 saturated heterocycles. The molecule has 106 valence electrons. The molecule has 0 aliphatic rings. The fourth-order valence-corrected chi connectivity index (χ4v) is 1.96. The zero-order valence-corrected chi connectivity index (χ0v) is 12.4. The van der Waals surface area contributed by atoms with Gasteiger partial charge in [-0.25, -0.2) is 4.79 Å². The molecule has 6 nitrogen and oxygen atoms in total. The highest BCUT2D eigenvalue weighted by molar-refractivity contribution is 6.44. The Morgan fingerprint density at radius 3 is 2.70 bits per heavy atom. The van der Waals surface area contributed by atoms with E-state index in [2.05, 4.69) is 10.2 Å². The van der Waals surface area contributed by atoms with Crippen molar-refractivity contribution < 1.29 is 9.53 Å². The first-order valence-corrected chi connectivity index (χ1v) is 6.42. The predicted molar refractivity (Wildman–Crippen MR) is 75.7 cm³/mol. The fourth-order valence-electron chi connectivity index (χ4n) is 1.54. The van der Waals surface area contributed by atoms with Crippen LogP contribution in [0.25, 0.3) is 0 Å². The van der Waals surface area contributed by atoms with Crippen LogP contribution < -0.4 is 5.73 Å². The smallest absolute Gasteiger partial charge is 0.340 e. The quantitative estimate of drug-likeness (QED) is 0.694. The van der Waals surface area contributed by atoms with Gasteiger partial charge in [0.1, 0.15) is 5.82 Å². The highest BCUT2D eigenvalue weighted by Gasteiger charge is 2.17. The molecule has 0 saturated carbocycles. The molecule has 0 unspecified atom stereocenters. The van der Waals surface area contributed by atoms with Crippen LogP contribution in [0, 0.1) is 6.92 Å². The van der Waals surface area contributed by atoms with Crippen LogP contribution in [0.4, 0.5) is 5.69 Å². The van der Waals surface area contributed by atoms with E-state index >= 15 is 0 Å². The van der Waals surface area contributed by atoms with E-state index in [1.54, 1.807) is 18.5 Å². The number of ether oxygens (including phenoxy) is 1. The molecule has 2 rings (SSSR count). The van der Waals surface area contributed by atoms with Crippen molar-refractivity contribution in [2.75, 3.05) is 5.73 Å². The number of rotatable bonds is 3. The zero-order chi connectivity index (χ0) is 14.9. The van der Waals surface area contributed by atoms with Gasteiger partial charge in [-0.05, 0) is 19.1 Å². The van der Waals surface area contributed by atoms with Crippen molar-refractivity contribution in [3.8, 4) is 0 Å². The van der Waals surface area contributed by atoms with Crippen LogP contribution in [0.15, 0.2) is 12.1 Å². The van der Waals surface area contributed by atoms with Crippen LogP contribution in [-0.2, 0) is 18.4 Å². The molecule has 0 aliphatic heterocycles. The first kappa shape index (κ1) is 14.6. The van der Waals surface area contributed by atoms with E-state index in [1.165, 1.54) is 12.1 Å². The van der Waals surface area contributed by atoms with Crippen LogP contribution in [0.3, 0.4) is 0 Å². The van der Waals surface area contributed by atoms with Crippen LogP contribution in [-0.4, -0.2) is 20.7 Å². The van der Waals surface area contributed by atoms with Gasteiger partial charge in [0.15, 0.2) is 12.4 Å². The van der Waals surface area contributed by atoms with Gasteiger partial charge in [0.05, 0.1) is 15.6 Å². The Morgan fingerprint density at radius 2 is 2.10 bits per heavy atom. The summed E-state index contributed by atoms with van der Waals surface area (Å²) < 4.78 is 6.86. The van der Waals surface area contributed by atoms with Gasteiger partial charge in [-0.2, -0.15) is 0 Å². The van der Waals surface area contributed by atoms with E-state index in [1.807, 2.05) is 0 Å². The topological polar surface area (TPSA) is 83.0 Å². The molecule has 0 aliphatic carbocycles. The summed E-state index contributed by atoms with van der Waals surface area (Å²) in [5, 5.41) is 8.07. The number of hydrogen-bond acceptors (Lipinski definition) is 5. The number of aryl methyl sites for hydroxylation is 1. The number of nitrogens with two attached hydrogens (primary N) is 1. The van der Waals surface area contributed by atoms with E-state index < -0.39 is 5.97 Å². The van der Waals surface area contributed by atoms with Gasteiger partial charge in [-0.15, -0.1) is 10.2 Å². The van der Waals surface area contributed by atoms with E-state index in [0.29, 0.717) is 11.5 Å². The number of anilines is 1. The molecule has 2 aromatic rings. The van der Waals surface area contributed by atoms with E-state index in [0.717, 1.165) is 5.82 Å². The van der Waals surface area contributed by atoms with Crippen molar-refractivity contribution in [1.82, 2.24) is 14.8 Å². The molecule has 1 aromatic carbocycles. The van der Waals surface area contributed by atoms with Gasteiger partial charge in [-0.3, -0.25) is 0 Å². The number of benzene rings is 1. The molecular weight excluding hydrogens is 303 g/mol. The summed E-state index contributed by atoms with van der Waals surface area (Å²) in [6, 6.07) is 2.88. The average Bonchev–Trinajstić information content (AvgIpc) is 2.71. The fraction of sp³-hybridized carbons (Fsp3) is 0.250. The molecule has 0 bridgehead atoms. The number of nitrogen functional groups attached to an aromatic ring is 1. The standard InChI is InChI=1S/C12H12Cl2N4O2/c1-6-16-17-10(18(6)2)5-20-12(19)8-3-7(15)4-9(13)11(8)14/h3-4H,5,15H2,1-2H3. The Bertz CT molecular complexity index is 670. The maximum Gasteiger partial charge on any atom is 0.340 e. The second-order valence-electron chi connectivity index (χ2n) is 4.16. The molecule has 20 heavy (non-hydrogen) atoms. The van der Waals surface area contributed by atoms with Gasteiger partial charge in [0.25, 0.3) is 0 Å². The third kappa shape index (κ3) is 2.86. The summed E-state index contributed by atoms with van der Waals surface area (Å²) in [7, 11) is 1.78. The monoisotopic (exact) mass is 314 g/mol. The SMILES string of the molecule is Cc1nnc(COC(=O)c2cc(N)cc(Cl)c2Cl)n1C. The minimum Gasteiger partial charge on any atom is -0.454 e. The highest BCUT2D eigenvalue weighted by atomic mass is 35.5. The van der Waals surface area contributed by atoms with E-state index in [9.17, 15) is 4.79 Å². The Balaban J connectivity index is 2.15. The average molecular weight is 315 g/mol. The first-order valence-electron chi connectivity index (χ1n) is 5.66. The maximum atomic E-state index is 12.0. The van der Waals surface area contributed by atoms with Gasteiger partial charge >= 0.3 is 5.97 Å². The van der Waals surface area contributed by atoms with Gasteiger partial charge in [0.2, 0.25) is 0 Å². The second kappa shape index (κ2) is 5.68. The van der Waals surface area contributed by atoms with Crippen LogP contribution in [0.1, 0.15) is 22.0 Å². The molecule has 0 spiro atoms. The number of halogens is 2. The Hall–Kier alpha value is -1.79. The third-order valence-corrected chi connectivity index (χ3v) is 3.59. The molecule has 0 fully saturated rings. The number of carbonyl (C=O) groups is 1. The largest absolute Gasteiger partial charge is 0.454 e. The molecule has 0 amide bonds. The lowest BCUT2D eigenvalue weighted by Gasteiger charge is -2.08. The minimum atomic E-state index is -0.621. The van der Waals surface area contributed by atoms with E-state index in [4.69, 9.17) is 33.7 Å². The molecule has 2 N–H and O–H groups in total. The molecule has 1 heterocycles.